The maximum Gasteiger partial charge on any atom is 0.231 e. The fraction of sp³-hybridized carbons (Fsp3) is 0.200. The maximum atomic E-state index is 12.1. The first-order chi connectivity index (χ1) is 8.66. The first-order valence-electron chi connectivity index (χ1n) is 5.94. The summed E-state index contributed by atoms with van der Waals surface area (Å²) in [5.74, 6) is -0.177. The van der Waals surface area contributed by atoms with Crippen LogP contribution in [0, 0.1) is 6.92 Å². The van der Waals surface area contributed by atoms with Gasteiger partial charge in [-0.1, -0.05) is 29.8 Å². The highest BCUT2D eigenvalue weighted by Gasteiger charge is 2.14. The van der Waals surface area contributed by atoms with Crippen LogP contribution < -0.4 is 5.32 Å². The average molecular weight is 240 g/mol. The van der Waals surface area contributed by atoms with Crippen LogP contribution in [-0.4, -0.2) is 10.9 Å². The molecule has 3 nitrogen and oxygen atoms in total. The van der Waals surface area contributed by atoms with E-state index in [2.05, 4.69) is 10.3 Å². The Labute approximate surface area is 107 Å². The molecule has 1 aromatic heterocycles. The Hall–Kier alpha value is -2.16. The van der Waals surface area contributed by atoms with Crippen molar-refractivity contribution in [2.24, 2.45) is 0 Å². The number of amides is 1. The van der Waals surface area contributed by atoms with Gasteiger partial charge in [0.15, 0.2) is 0 Å². The van der Waals surface area contributed by atoms with Crippen molar-refractivity contribution < 1.29 is 4.79 Å². The van der Waals surface area contributed by atoms with Crippen molar-refractivity contribution in [1.29, 1.82) is 0 Å². The number of anilines is 1. The van der Waals surface area contributed by atoms with Crippen molar-refractivity contribution in [2.45, 2.75) is 19.8 Å². The summed E-state index contributed by atoms with van der Waals surface area (Å²) in [6.07, 6.45) is 3.32. The molecule has 0 fully saturated rings. The molecule has 0 spiro atoms. The highest BCUT2D eigenvalue weighted by molar-refractivity contribution is 5.95. The third-order valence-corrected chi connectivity index (χ3v) is 2.92. The zero-order valence-electron chi connectivity index (χ0n) is 10.6. The van der Waals surface area contributed by atoms with E-state index < -0.39 is 0 Å². The maximum absolute atomic E-state index is 12.1. The number of carbonyl (C=O) groups excluding carboxylic acids is 1. The number of nitrogens with one attached hydrogen (secondary N) is 1. The number of aromatic nitrogens is 1. The standard InChI is InChI=1S/C15H16N2O/c1-11-3-5-13(6-4-11)12(2)15(18)17-14-7-9-16-10-8-14/h3-10,12H,1-2H3,(H,16,17,18). The van der Waals surface area contributed by atoms with Crippen LogP contribution in [0.3, 0.4) is 0 Å². The largest absolute Gasteiger partial charge is 0.325 e. The summed E-state index contributed by atoms with van der Waals surface area (Å²) in [7, 11) is 0. The van der Waals surface area contributed by atoms with Gasteiger partial charge in [0.05, 0.1) is 5.92 Å². The average Bonchev–Trinajstić information content (AvgIpc) is 2.40. The van der Waals surface area contributed by atoms with Crippen molar-refractivity contribution in [1.82, 2.24) is 4.98 Å². The van der Waals surface area contributed by atoms with Gasteiger partial charge in [-0.3, -0.25) is 9.78 Å². The predicted octanol–water partition coefficient (Wildman–Crippen LogP) is 3.13. The van der Waals surface area contributed by atoms with Crippen molar-refractivity contribution in [3.05, 3.63) is 59.9 Å². The molecule has 0 aliphatic heterocycles. The minimum Gasteiger partial charge on any atom is -0.325 e. The van der Waals surface area contributed by atoms with Gasteiger partial charge in [0.25, 0.3) is 0 Å². The first kappa shape index (κ1) is 12.3. The van der Waals surface area contributed by atoms with E-state index in [1.54, 1.807) is 24.5 Å². The van der Waals surface area contributed by atoms with Crippen molar-refractivity contribution in [2.75, 3.05) is 5.32 Å². The van der Waals surface area contributed by atoms with Crippen LogP contribution in [0.1, 0.15) is 24.0 Å². The second-order valence-corrected chi connectivity index (χ2v) is 4.36. The number of hydrogen-bond acceptors (Lipinski definition) is 2. The van der Waals surface area contributed by atoms with Gasteiger partial charge in [-0.2, -0.15) is 0 Å². The van der Waals surface area contributed by atoms with Crippen molar-refractivity contribution >= 4 is 11.6 Å². The molecule has 2 aromatic rings. The predicted molar refractivity (Wildman–Crippen MR) is 72.5 cm³/mol. The second-order valence-electron chi connectivity index (χ2n) is 4.36. The molecule has 3 heteroatoms. The summed E-state index contributed by atoms with van der Waals surface area (Å²) >= 11 is 0. The SMILES string of the molecule is Cc1ccc(C(C)C(=O)Nc2ccncc2)cc1. The van der Waals surface area contributed by atoms with Crippen molar-refractivity contribution in [3.63, 3.8) is 0 Å². The number of nitrogens with zero attached hydrogens (tertiary/aromatic N) is 1. The summed E-state index contributed by atoms with van der Waals surface area (Å²) in [5.41, 5.74) is 2.99. The fourth-order valence-electron chi connectivity index (χ4n) is 1.69. The molecule has 0 radical (unpaired) electrons. The molecular formula is C15H16N2O. The lowest BCUT2D eigenvalue weighted by Gasteiger charge is -2.12. The van der Waals surface area contributed by atoms with Gasteiger partial charge in [0.2, 0.25) is 5.91 Å². The van der Waals surface area contributed by atoms with Gasteiger partial charge in [0, 0.05) is 18.1 Å². The van der Waals surface area contributed by atoms with E-state index >= 15 is 0 Å². The van der Waals surface area contributed by atoms with E-state index in [0.717, 1.165) is 11.3 Å². The lowest BCUT2D eigenvalue weighted by atomic mass is 9.99. The summed E-state index contributed by atoms with van der Waals surface area (Å²) in [6.45, 7) is 3.94. The van der Waals surface area contributed by atoms with Crippen LogP contribution in [-0.2, 0) is 4.79 Å². The number of rotatable bonds is 3. The topological polar surface area (TPSA) is 42.0 Å². The molecule has 0 bridgehead atoms. The van der Waals surface area contributed by atoms with Gasteiger partial charge >= 0.3 is 0 Å². The molecule has 18 heavy (non-hydrogen) atoms. The van der Waals surface area contributed by atoms with Gasteiger partial charge in [-0.25, -0.2) is 0 Å². The molecular weight excluding hydrogens is 224 g/mol. The van der Waals surface area contributed by atoms with Gasteiger partial charge in [-0.05, 0) is 31.5 Å². The Bertz CT molecular complexity index is 520. The molecule has 0 aliphatic rings. The minimum absolute atomic E-state index is 0.00921. The highest BCUT2D eigenvalue weighted by atomic mass is 16.1. The van der Waals surface area contributed by atoms with Crippen LogP contribution in [0.15, 0.2) is 48.8 Å². The Balaban J connectivity index is 2.07. The van der Waals surface area contributed by atoms with E-state index in [1.807, 2.05) is 38.1 Å². The number of aryl methyl sites for hydroxylation is 1. The van der Waals surface area contributed by atoms with E-state index in [9.17, 15) is 4.79 Å². The number of carbonyl (C=O) groups is 1. The molecule has 0 saturated carbocycles. The molecule has 0 aliphatic carbocycles. The Kier molecular flexibility index (Phi) is 3.72. The van der Waals surface area contributed by atoms with Crippen LogP contribution in [0.4, 0.5) is 5.69 Å². The molecule has 1 N–H and O–H groups in total. The van der Waals surface area contributed by atoms with Crippen LogP contribution >= 0.6 is 0 Å². The molecule has 1 atom stereocenters. The third-order valence-electron chi connectivity index (χ3n) is 2.92. The fourth-order valence-corrected chi connectivity index (χ4v) is 1.69. The van der Waals surface area contributed by atoms with Crippen LogP contribution in [0.5, 0.6) is 0 Å². The highest BCUT2D eigenvalue weighted by Crippen LogP contribution is 2.18. The number of pyridine rings is 1. The first-order valence-corrected chi connectivity index (χ1v) is 5.94. The normalized spacial score (nSPS) is 11.9. The summed E-state index contributed by atoms with van der Waals surface area (Å²) in [6, 6.07) is 11.6. The van der Waals surface area contributed by atoms with Gasteiger partial charge in [0.1, 0.15) is 0 Å². The van der Waals surface area contributed by atoms with Crippen LogP contribution in [0.2, 0.25) is 0 Å². The van der Waals surface area contributed by atoms with E-state index in [4.69, 9.17) is 0 Å². The molecule has 1 heterocycles. The van der Waals surface area contributed by atoms with Crippen LogP contribution in [0.25, 0.3) is 0 Å². The monoisotopic (exact) mass is 240 g/mol. The zero-order chi connectivity index (χ0) is 13.0. The van der Waals surface area contributed by atoms with E-state index in [-0.39, 0.29) is 11.8 Å². The Morgan fingerprint density at radius 1 is 1.11 bits per heavy atom. The Morgan fingerprint density at radius 3 is 2.33 bits per heavy atom. The molecule has 1 aromatic carbocycles. The summed E-state index contributed by atoms with van der Waals surface area (Å²) in [4.78, 5) is 16.0. The smallest absolute Gasteiger partial charge is 0.231 e. The lowest BCUT2D eigenvalue weighted by molar-refractivity contribution is -0.117. The van der Waals surface area contributed by atoms with Crippen molar-refractivity contribution in [3.8, 4) is 0 Å². The third kappa shape index (κ3) is 2.94. The van der Waals surface area contributed by atoms with Gasteiger partial charge in [-0.15, -0.1) is 0 Å². The van der Waals surface area contributed by atoms with E-state index in [1.165, 1.54) is 5.56 Å². The minimum atomic E-state index is -0.168. The molecule has 92 valence electrons. The molecule has 1 unspecified atom stereocenters. The van der Waals surface area contributed by atoms with Gasteiger partial charge < -0.3 is 5.32 Å². The number of hydrogen-bond donors (Lipinski definition) is 1. The number of benzene rings is 1. The Morgan fingerprint density at radius 2 is 1.72 bits per heavy atom. The van der Waals surface area contributed by atoms with E-state index in [0.29, 0.717) is 0 Å². The molecule has 2 rings (SSSR count). The quantitative estimate of drug-likeness (QED) is 0.895. The second kappa shape index (κ2) is 5.45. The molecule has 0 saturated heterocycles. The molecule has 1 amide bonds. The summed E-state index contributed by atoms with van der Waals surface area (Å²) < 4.78 is 0. The lowest BCUT2D eigenvalue weighted by Crippen LogP contribution is -2.18. The zero-order valence-corrected chi connectivity index (χ0v) is 10.6. The summed E-state index contributed by atoms with van der Waals surface area (Å²) in [5, 5.41) is 2.88.